The van der Waals surface area contributed by atoms with Gasteiger partial charge >= 0.3 is 0 Å². The first-order valence-electron chi connectivity index (χ1n) is 12.6. The zero-order chi connectivity index (χ0) is 23.2. The molecule has 34 heavy (non-hydrogen) atoms. The molecule has 1 aromatic heterocycles. The molecule has 0 bridgehead atoms. The molecule has 1 unspecified atom stereocenters. The lowest BCUT2D eigenvalue weighted by Gasteiger charge is -2.21. The van der Waals surface area contributed by atoms with Gasteiger partial charge in [0, 0.05) is 18.1 Å². The van der Waals surface area contributed by atoms with Crippen molar-refractivity contribution in [2.45, 2.75) is 63.4 Å². The van der Waals surface area contributed by atoms with Crippen LogP contribution in [0.25, 0.3) is 11.0 Å². The zero-order valence-electron chi connectivity index (χ0n) is 19.6. The van der Waals surface area contributed by atoms with Gasteiger partial charge in [0.05, 0.1) is 5.39 Å². The maximum atomic E-state index is 12.8. The number of rotatable bonds is 8. The van der Waals surface area contributed by atoms with Crippen LogP contribution in [-0.4, -0.2) is 0 Å². The second kappa shape index (κ2) is 10.7. The zero-order valence-corrected chi connectivity index (χ0v) is 19.6. The molecule has 174 valence electrons. The van der Waals surface area contributed by atoms with E-state index in [2.05, 4.69) is 54.6 Å². The van der Waals surface area contributed by atoms with Crippen LogP contribution < -0.4 is 10.2 Å². The van der Waals surface area contributed by atoms with Crippen molar-refractivity contribution in [3.05, 3.63) is 112 Å². The maximum absolute atomic E-state index is 12.8. The summed E-state index contributed by atoms with van der Waals surface area (Å²) in [5.74, 6) is 1.92. The van der Waals surface area contributed by atoms with Gasteiger partial charge in [0.1, 0.15) is 23.2 Å². The first-order valence-corrected chi connectivity index (χ1v) is 12.6. The van der Waals surface area contributed by atoms with E-state index in [0.717, 1.165) is 49.2 Å². The molecule has 1 heterocycles. The molecule has 3 nitrogen and oxygen atoms in total. The molecule has 1 saturated carbocycles. The van der Waals surface area contributed by atoms with Crippen molar-refractivity contribution in [1.82, 2.24) is 0 Å². The molecular weight excluding hydrogens is 420 g/mol. The van der Waals surface area contributed by atoms with Crippen molar-refractivity contribution in [2.75, 3.05) is 0 Å². The van der Waals surface area contributed by atoms with Crippen LogP contribution in [0, 0.1) is 0 Å². The third-order valence-corrected chi connectivity index (χ3v) is 6.95. The van der Waals surface area contributed by atoms with Gasteiger partial charge in [-0.2, -0.15) is 0 Å². The van der Waals surface area contributed by atoms with E-state index in [9.17, 15) is 4.79 Å². The lowest BCUT2D eigenvalue weighted by molar-refractivity contribution is 0.192. The molecule has 0 aliphatic heterocycles. The predicted octanol–water partition coefficient (Wildman–Crippen LogP) is 7.98. The normalized spacial score (nSPS) is 15.3. The molecule has 1 fully saturated rings. The highest BCUT2D eigenvalue weighted by atomic mass is 16.5. The van der Waals surface area contributed by atoms with Crippen molar-refractivity contribution in [3.63, 3.8) is 0 Å². The van der Waals surface area contributed by atoms with Crippen molar-refractivity contribution < 1.29 is 9.15 Å². The lowest BCUT2D eigenvalue weighted by atomic mass is 9.87. The average molecular weight is 453 g/mol. The first kappa shape index (κ1) is 22.5. The molecule has 0 saturated heterocycles. The van der Waals surface area contributed by atoms with Gasteiger partial charge in [-0.1, -0.05) is 79.9 Å². The van der Waals surface area contributed by atoms with Crippen LogP contribution in [0.15, 0.2) is 94.1 Å². The largest absolute Gasteiger partial charge is 0.486 e. The van der Waals surface area contributed by atoms with Gasteiger partial charge in [-0.05, 0) is 55.4 Å². The summed E-state index contributed by atoms with van der Waals surface area (Å²) in [5, 5.41) is 0.618. The van der Waals surface area contributed by atoms with Crippen LogP contribution in [0.1, 0.15) is 73.9 Å². The summed E-state index contributed by atoms with van der Waals surface area (Å²) < 4.78 is 12.8. The molecule has 1 atom stereocenters. The summed E-state index contributed by atoms with van der Waals surface area (Å²) in [5.41, 5.74) is 3.17. The Hall–Kier alpha value is -3.33. The predicted molar refractivity (Wildman–Crippen MR) is 138 cm³/mol. The Morgan fingerprint density at radius 2 is 1.59 bits per heavy atom. The van der Waals surface area contributed by atoms with E-state index < -0.39 is 0 Å². The molecule has 0 amide bonds. The van der Waals surface area contributed by atoms with Crippen LogP contribution in [0.3, 0.4) is 0 Å². The molecule has 1 aliphatic rings. The SMILES string of the molecule is O=c1cc(C2CCCCC2)oc2cc(OC(CCCc3ccccc3)c3ccccc3)ccc12. The van der Waals surface area contributed by atoms with Gasteiger partial charge in [0.15, 0.2) is 5.43 Å². The number of ether oxygens (including phenoxy) is 1. The molecule has 0 radical (unpaired) electrons. The lowest BCUT2D eigenvalue weighted by Crippen LogP contribution is -2.10. The number of fused-ring (bicyclic) bond motifs is 1. The molecule has 3 aromatic carbocycles. The Kier molecular flexibility index (Phi) is 7.09. The topological polar surface area (TPSA) is 39.4 Å². The molecule has 0 N–H and O–H groups in total. The Morgan fingerprint density at radius 1 is 0.853 bits per heavy atom. The molecule has 0 spiro atoms. The third kappa shape index (κ3) is 5.41. The van der Waals surface area contributed by atoms with E-state index in [1.54, 1.807) is 6.07 Å². The highest BCUT2D eigenvalue weighted by Crippen LogP contribution is 2.34. The van der Waals surface area contributed by atoms with E-state index in [1.807, 2.05) is 24.3 Å². The summed E-state index contributed by atoms with van der Waals surface area (Å²) >= 11 is 0. The summed E-state index contributed by atoms with van der Waals surface area (Å²) in [7, 11) is 0. The Labute approximate surface area is 201 Å². The Balaban J connectivity index is 1.37. The first-order chi connectivity index (χ1) is 16.8. The molecule has 1 aliphatic carbocycles. The number of hydrogen-bond acceptors (Lipinski definition) is 3. The fourth-order valence-corrected chi connectivity index (χ4v) is 5.08. The van der Waals surface area contributed by atoms with E-state index in [-0.39, 0.29) is 11.5 Å². The smallest absolute Gasteiger partial charge is 0.192 e. The number of benzene rings is 3. The second-order valence-corrected chi connectivity index (χ2v) is 9.40. The Morgan fingerprint density at radius 3 is 2.35 bits per heavy atom. The van der Waals surface area contributed by atoms with Gasteiger partial charge in [-0.15, -0.1) is 0 Å². The average Bonchev–Trinajstić information content (AvgIpc) is 2.89. The number of aryl methyl sites for hydroxylation is 1. The van der Waals surface area contributed by atoms with Crippen LogP contribution in [-0.2, 0) is 6.42 Å². The molecule has 5 rings (SSSR count). The third-order valence-electron chi connectivity index (χ3n) is 6.95. The van der Waals surface area contributed by atoms with Crippen molar-refractivity contribution in [2.24, 2.45) is 0 Å². The van der Waals surface area contributed by atoms with Gasteiger partial charge < -0.3 is 9.15 Å². The highest BCUT2D eigenvalue weighted by Gasteiger charge is 2.20. The second-order valence-electron chi connectivity index (χ2n) is 9.40. The maximum Gasteiger partial charge on any atom is 0.192 e. The fourth-order valence-electron chi connectivity index (χ4n) is 5.08. The highest BCUT2D eigenvalue weighted by molar-refractivity contribution is 5.78. The van der Waals surface area contributed by atoms with Gasteiger partial charge in [-0.25, -0.2) is 0 Å². The Bertz CT molecular complexity index is 1250. The van der Waals surface area contributed by atoms with Crippen molar-refractivity contribution in [3.8, 4) is 5.75 Å². The van der Waals surface area contributed by atoms with E-state index in [4.69, 9.17) is 9.15 Å². The minimum Gasteiger partial charge on any atom is -0.486 e. The molecular formula is C31H32O3. The van der Waals surface area contributed by atoms with Crippen molar-refractivity contribution >= 4 is 11.0 Å². The van der Waals surface area contributed by atoms with E-state index >= 15 is 0 Å². The standard InChI is InChI=1S/C31H32O3/c32-28-22-30(25-16-8-3-9-17-25)34-31-21-26(19-20-27(28)31)33-29(24-14-6-2-7-15-24)18-10-13-23-11-4-1-5-12-23/h1-2,4-7,11-12,14-15,19-22,25,29H,3,8-10,13,16-18H2. The molecule has 4 aromatic rings. The summed E-state index contributed by atoms with van der Waals surface area (Å²) in [6.45, 7) is 0. The monoisotopic (exact) mass is 452 g/mol. The fraction of sp³-hybridized carbons (Fsp3) is 0.323. The van der Waals surface area contributed by atoms with Crippen LogP contribution >= 0.6 is 0 Å². The van der Waals surface area contributed by atoms with Crippen LogP contribution in [0.2, 0.25) is 0 Å². The van der Waals surface area contributed by atoms with Gasteiger partial charge in [-0.3, -0.25) is 4.79 Å². The summed E-state index contributed by atoms with van der Waals surface area (Å²) in [6, 6.07) is 28.3. The molecule has 3 heteroatoms. The van der Waals surface area contributed by atoms with Crippen molar-refractivity contribution in [1.29, 1.82) is 0 Å². The van der Waals surface area contributed by atoms with Gasteiger partial charge in [0.2, 0.25) is 0 Å². The quantitative estimate of drug-likeness (QED) is 0.272. The van der Waals surface area contributed by atoms with Crippen LogP contribution in [0.4, 0.5) is 0 Å². The summed E-state index contributed by atoms with van der Waals surface area (Å²) in [4.78, 5) is 12.8. The van der Waals surface area contributed by atoms with E-state index in [0.29, 0.717) is 16.9 Å². The van der Waals surface area contributed by atoms with Gasteiger partial charge in [0.25, 0.3) is 0 Å². The minimum absolute atomic E-state index is 0.0378. The van der Waals surface area contributed by atoms with E-state index in [1.165, 1.54) is 24.8 Å². The summed E-state index contributed by atoms with van der Waals surface area (Å²) in [6.07, 6.45) is 8.78. The number of hydrogen-bond donors (Lipinski definition) is 0. The minimum atomic E-state index is -0.0596. The van der Waals surface area contributed by atoms with Crippen LogP contribution in [0.5, 0.6) is 5.75 Å².